The van der Waals surface area contributed by atoms with Gasteiger partial charge in [-0.05, 0) is 37.1 Å². The number of likely N-dealkylation sites (N-methyl/N-ethyl adjacent to an activating group) is 1. The van der Waals surface area contributed by atoms with Crippen LogP contribution in [0.15, 0.2) is 12.1 Å². The van der Waals surface area contributed by atoms with Crippen LogP contribution in [0.2, 0.25) is 0 Å². The second-order valence-corrected chi connectivity index (χ2v) is 4.06. The average molecular weight is 222 g/mol. The SMILES string of the molecule is Cc1cc(N)cc(C)c1OCC(=O)N(C)C. The van der Waals surface area contributed by atoms with E-state index < -0.39 is 0 Å². The molecule has 0 unspecified atom stereocenters. The first kappa shape index (κ1) is 12.4. The molecule has 0 aliphatic carbocycles. The van der Waals surface area contributed by atoms with Gasteiger partial charge in [0.15, 0.2) is 6.61 Å². The minimum atomic E-state index is -0.0596. The van der Waals surface area contributed by atoms with Gasteiger partial charge in [-0.2, -0.15) is 0 Å². The summed E-state index contributed by atoms with van der Waals surface area (Å²) in [5.74, 6) is 0.681. The van der Waals surface area contributed by atoms with Gasteiger partial charge in [0.2, 0.25) is 0 Å². The highest BCUT2D eigenvalue weighted by molar-refractivity contribution is 5.77. The van der Waals surface area contributed by atoms with E-state index in [0.717, 1.165) is 16.9 Å². The van der Waals surface area contributed by atoms with Crippen LogP contribution in [-0.4, -0.2) is 31.5 Å². The molecular formula is C12H18N2O2. The van der Waals surface area contributed by atoms with E-state index >= 15 is 0 Å². The molecule has 1 amide bonds. The van der Waals surface area contributed by atoms with E-state index in [0.29, 0.717) is 5.69 Å². The van der Waals surface area contributed by atoms with Crippen LogP contribution >= 0.6 is 0 Å². The zero-order valence-electron chi connectivity index (χ0n) is 10.2. The van der Waals surface area contributed by atoms with E-state index in [2.05, 4.69) is 0 Å². The molecule has 4 heteroatoms. The quantitative estimate of drug-likeness (QED) is 0.785. The number of carbonyl (C=O) groups excluding carboxylic acids is 1. The van der Waals surface area contributed by atoms with Crippen molar-refractivity contribution < 1.29 is 9.53 Å². The summed E-state index contributed by atoms with van der Waals surface area (Å²) in [6.07, 6.45) is 0. The van der Waals surface area contributed by atoms with Crippen molar-refractivity contribution in [1.82, 2.24) is 4.90 Å². The third kappa shape index (κ3) is 2.89. The monoisotopic (exact) mass is 222 g/mol. The molecule has 0 aromatic heterocycles. The Bertz CT molecular complexity index is 377. The van der Waals surface area contributed by atoms with E-state index in [1.165, 1.54) is 4.90 Å². The second kappa shape index (κ2) is 4.88. The molecule has 1 rings (SSSR count). The number of hydrogen-bond acceptors (Lipinski definition) is 3. The lowest BCUT2D eigenvalue weighted by molar-refractivity contribution is -0.130. The predicted molar refractivity (Wildman–Crippen MR) is 64.5 cm³/mol. The van der Waals surface area contributed by atoms with Crippen molar-refractivity contribution in [3.05, 3.63) is 23.3 Å². The van der Waals surface area contributed by atoms with Crippen molar-refractivity contribution in [2.45, 2.75) is 13.8 Å². The Labute approximate surface area is 96.0 Å². The van der Waals surface area contributed by atoms with Crippen molar-refractivity contribution in [3.8, 4) is 5.75 Å². The maximum atomic E-state index is 11.4. The van der Waals surface area contributed by atoms with E-state index in [-0.39, 0.29) is 12.5 Å². The molecule has 2 N–H and O–H groups in total. The van der Waals surface area contributed by atoms with Crippen molar-refractivity contribution in [2.24, 2.45) is 0 Å². The molecule has 0 fully saturated rings. The number of anilines is 1. The average Bonchev–Trinajstić information content (AvgIpc) is 2.15. The molecule has 0 radical (unpaired) electrons. The van der Waals surface area contributed by atoms with Crippen molar-refractivity contribution >= 4 is 11.6 Å². The van der Waals surface area contributed by atoms with E-state index in [1.807, 2.05) is 26.0 Å². The van der Waals surface area contributed by atoms with E-state index in [9.17, 15) is 4.79 Å². The molecule has 1 aromatic carbocycles. The number of nitrogens with two attached hydrogens (primary N) is 1. The van der Waals surface area contributed by atoms with Crippen molar-refractivity contribution in [1.29, 1.82) is 0 Å². The highest BCUT2D eigenvalue weighted by Gasteiger charge is 2.09. The van der Waals surface area contributed by atoms with Crippen LogP contribution in [0.25, 0.3) is 0 Å². The number of hydrogen-bond donors (Lipinski definition) is 1. The summed E-state index contributed by atoms with van der Waals surface area (Å²) in [6.45, 7) is 3.89. The molecule has 1 aromatic rings. The summed E-state index contributed by atoms with van der Waals surface area (Å²) in [4.78, 5) is 12.9. The summed E-state index contributed by atoms with van der Waals surface area (Å²) >= 11 is 0. The topological polar surface area (TPSA) is 55.6 Å². The van der Waals surface area contributed by atoms with Gasteiger partial charge in [-0.25, -0.2) is 0 Å². The van der Waals surface area contributed by atoms with Gasteiger partial charge in [0, 0.05) is 19.8 Å². The fraction of sp³-hybridized carbons (Fsp3) is 0.417. The molecule has 0 aliphatic rings. The van der Waals surface area contributed by atoms with Gasteiger partial charge in [0.05, 0.1) is 0 Å². The molecule has 88 valence electrons. The molecule has 0 saturated carbocycles. The summed E-state index contributed by atoms with van der Waals surface area (Å²) in [7, 11) is 3.41. The number of nitrogen functional groups attached to an aromatic ring is 1. The normalized spacial score (nSPS) is 10.0. The van der Waals surface area contributed by atoms with Crippen LogP contribution in [0.5, 0.6) is 5.75 Å². The van der Waals surface area contributed by atoms with E-state index in [4.69, 9.17) is 10.5 Å². The first-order valence-electron chi connectivity index (χ1n) is 5.11. The van der Waals surface area contributed by atoms with Gasteiger partial charge in [-0.1, -0.05) is 0 Å². The number of nitrogens with zero attached hydrogens (tertiary/aromatic N) is 1. The zero-order valence-corrected chi connectivity index (χ0v) is 10.2. The second-order valence-electron chi connectivity index (χ2n) is 4.06. The number of benzene rings is 1. The minimum Gasteiger partial charge on any atom is -0.483 e. The van der Waals surface area contributed by atoms with Crippen LogP contribution in [0.4, 0.5) is 5.69 Å². The largest absolute Gasteiger partial charge is 0.483 e. The maximum Gasteiger partial charge on any atom is 0.259 e. The number of carbonyl (C=O) groups is 1. The van der Waals surface area contributed by atoms with Crippen LogP contribution in [0.1, 0.15) is 11.1 Å². The predicted octanol–water partition coefficient (Wildman–Crippen LogP) is 1.35. The lowest BCUT2D eigenvalue weighted by Gasteiger charge is -2.15. The van der Waals surface area contributed by atoms with Crippen molar-refractivity contribution in [2.75, 3.05) is 26.4 Å². The fourth-order valence-electron chi connectivity index (χ4n) is 1.47. The smallest absolute Gasteiger partial charge is 0.259 e. The third-order valence-electron chi connectivity index (χ3n) is 2.32. The summed E-state index contributed by atoms with van der Waals surface area (Å²) in [5.41, 5.74) is 8.31. The molecule has 4 nitrogen and oxygen atoms in total. The Morgan fingerprint density at radius 1 is 1.31 bits per heavy atom. The number of amides is 1. The molecule has 0 bridgehead atoms. The van der Waals surface area contributed by atoms with Crippen LogP contribution in [0.3, 0.4) is 0 Å². The molecule has 0 spiro atoms. The minimum absolute atomic E-state index is 0.0542. The Hall–Kier alpha value is -1.71. The van der Waals surface area contributed by atoms with Gasteiger partial charge in [0.1, 0.15) is 5.75 Å². The zero-order chi connectivity index (χ0) is 12.3. The Morgan fingerprint density at radius 2 is 1.81 bits per heavy atom. The Morgan fingerprint density at radius 3 is 2.25 bits per heavy atom. The van der Waals surface area contributed by atoms with Gasteiger partial charge in [-0.3, -0.25) is 4.79 Å². The van der Waals surface area contributed by atoms with Crippen LogP contribution < -0.4 is 10.5 Å². The van der Waals surface area contributed by atoms with Crippen LogP contribution in [-0.2, 0) is 4.79 Å². The standard InChI is InChI=1S/C12H18N2O2/c1-8-5-10(13)6-9(2)12(8)16-7-11(15)14(3)4/h5-6H,7,13H2,1-4H3. The van der Waals surface area contributed by atoms with Gasteiger partial charge < -0.3 is 15.4 Å². The number of ether oxygens (including phenoxy) is 1. The van der Waals surface area contributed by atoms with Crippen LogP contribution in [0, 0.1) is 13.8 Å². The first-order chi connectivity index (χ1) is 7.41. The first-order valence-corrected chi connectivity index (χ1v) is 5.11. The van der Waals surface area contributed by atoms with Gasteiger partial charge in [0.25, 0.3) is 5.91 Å². The summed E-state index contributed by atoms with van der Waals surface area (Å²) < 4.78 is 5.50. The highest BCUT2D eigenvalue weighted by atomic mass is 16.5. The Kier molecular flexibility index (Phi) is 3.77. The maximum absolute atomic E-state index is 11.4. The molecule has 0 heterocycles. The fourth-order valence-corrected chi connectivity index (χ4v) is 1.47. The molecule has 0 atom stereocenters. The van der Waals surface area contributed by atoms with Crippen molar-refractivity contribution in [3.63, 3.8) is 0 Å². The molecule has 0 aliphatic heterocycles. The summed E-state index contributed by atoms with van der Waals surface area (Å²) in [6, 6.07) is 3.67. The van der Waals surface area contributed by atoms with E-state index in [1.54, 1.807) is 14.1 Å². The Balaban J connectivity index is 2.78. The lowest BCUT2D eigenvalue weighted by atomic mass is 10.1. The summed E-state index contributed by atoms with van der Waals surface area (Å²) in [5, 5.41) is 0. The number of rotatable bonds is 3. The number of aryl methyl sites for hydroxylation is 2. The molecular weight excluding hydrogens is 204 g/mol. The van der Waals surface area contributed by atoms with Gasteiger partial charge >= 0.3 is 0 Å². The molecule has 0 saturated heterocycles. The molecule has 16 heavy (non-hydrogen) atoms. The lowest BCUT2D eigenvalue weighted by Crippen LogP contribution is -2.27. The third-order valence-corrected chi connectivity index (χ3v) is 2.32. The van der Waals surface area contributed by atoms with Gasteiger partial charge in [-0.15, -0.1) is 0 Å². The highest BCUT2D eigenvalue weighted by Crippen LogP contribution is 2.25.